The summed E-state index contributed by atoms with van der Waals surface area (Å²) in [6.45, 7) is 5.48. The van der Waals surface area contributed by atoms with E-state index < -0.39 is 15.4 Å². The van der Waals surface area contributed by atoms with Crippen molar-refractivity contribution in [2.24, 2.45) is 0 Å². The van der Waals surface area contributed by atoms with E-state index in [2.05, 4.69) is 20.0 Å². The van der Waals surface area contributed by atoms with E-state index in [-0.39, 0.29) is 11.2 Å². The Balaban J connectivity index is 1.44. The highest BCUT2D eigenvalue weighted by atomic mass is 32.2. The molecule has 0 aliphatic heterocycles. The number of benzene rings is 1. The average molecular weight is 457 g/mol. The van der Waals surface area contributed by atoms with Crippen LogP contribution in [0.25, 0.3) is 11.1 Å². The summed E-state index contributed by atoms with van der Waals surface area (Å²) in [5, 5.41) is 4.61. The molecule has 0 unspecified atom stereocenters. The number of carbonyl (C=O) groups excluding carboxylic acids is 1. The van der Waals surface area contributed by atoms with Gasteiger partial charge in [-0.1, -0.05) is 18.2 Å². The third-order valence-corrected chi connectivity index (χ3v) is 8.01. The van der Waals surface area contributed by atoms with Crippen LogP contribution >= 0.6 is 11.3 Å². The maximum atomic E-state index is 12.9. The molecule has 0 saturated heterocycles. The minimum atomic E-state index is -3.38. The summed E-state index contributed by atoms with van der Waals surface area (Å²) in [5.74, 6) is -0.223. The van der Waals surface area contributed by atoms with E-state index >= 15 is 0 Å². The van der Waals surface area contributed by atoms with Gasteiger partial charge in [0.05, 0.1) is 16.4 Å². The second-order valence-electron chi connectivity index (χ2n) is 8.23. The molecule has 162 valence electrons. The Morgan fingerprint density at radius 3 is 2.39 bits per heavy atom. The molecule has 9 heteroatoms. The van der Waals surface area contributed by atoms with Gasteiger partial charge in [0.25, 0.3) is 0 Å². The van der Waals surface area contributed by atoms with Crippen LogP contribution in [0.1, 0.15) is 38.1 Å². The molecule has 4 rings (SSSR count). The highest BCUT2D eigenvalue weighted by Crippen LogP contribution is 2.33. The molecule has 31 heavy (non-hydrogen) atoms. The lowest BCUT2D eigenvalue weighted by atomic mass is 9.89. The molecule has 0 atom stereocenters. The summed E-state index contributed by atoms with van der Waals surface area (Å²) in [6, 6.07) is 11.5. The van der Waals surface area contributed by atoms with Gasteiger partial charge in [0.2, 0.25) is 15.9 Å². The number of amides is 1. The monoisotopic (exact) mass is 456 g/mol. The zero-order valence-corrected chi connectivity index (χ0v) is 19.2. The Bertz CT molecular complexity index is 1200. The first-order chi connectivity index (χ1) is 14.6. The number of aryl methyl sites for hydroxylation is 1. The summed E-state index contributed by atoms with van der Waals surface area (Å²) in [4.78, 5) is 21.6. The first-order valence-corrected chi connectivity index (χ1v) is 12.4. The number of pyridine rings is 1. The first kappa shape index (κ1) is 21.5. The van der Waals surface area contributed by atoms with Crippen molar-refractivity contribution in [3.63, 3.8) is 0 Å². The molecule has 2 heterocycles. The van der Waals surface area contributed by atoms with Crippen molar-refractivity contribution < 1.29 is 13.2 Å². The van der Waals surface area contributed by atoms with Gasteiger partial charge in [-0.15, -0.1) is 11.3 Å². The van der Waals surface area contributed by atoms with Gasteiger partial charge in [0.15, 0.2) is 5.13 Å². The van der Waals surface area contributed by atoms with E-state index in [0.29, 0.717) is 29.4 Å². The molecule has 2 N–H and O–H groups in total. The van der Waals surface area contributed by atoms with Crippen LogP contribution < -0.4 is 10.0 Å². The lowest BCUT2D eigenvalue weighted by Gasteiger charge is -2.21. The summed E-state index contributed by atoms with van der Waals surface area (Å²) < 4.78 is 26.8. The van der Waals surface area contributed by atoms with Crippen LogP contribution in [0.3, 0.4) is 0 Å². The molecule has 7 nitrogen and oxygen atoms in total. The fourth-order valence-corrected chi connectivity index (χ4v) is 5.45. The Labute approximate surface area is 186 Å². The number of carbonyl (C=O) groups is 1. The molecular weight excluding hydrogens is 432 g/mol. The third-order valence-electron chi connectivity index (χ3n) is 5.29. The number of nitrogens with one attached hydrogen (secondary N) is 2. The number of hydrogen-bond donors (Lipinski definition) is 2. The molecule has 1 saturated carbocycles. The van der Waals surface area contributed by atoms with Gasteiger partial charge in [-0.05, 0) is 57.4 Å². The van der Waals surface area contributed by atoms with Crippen molar-refractivity contribution in [1.29, 1.82) is 0 Å². The predicted octanol–water partition coefficient (Wildman–Crippen LogP) is 4.33. The van der Waals surface area contributed by atoms with Crippen molar-refractivity contribution in [3.05, 3.63) is 59.4 Å². The average Bonchev–Trinajstić information content (AvgIpc) is 3.50. The number of hydrogen-bond acceptors (Lipinski definition) is 6. The van der Waals surface area contributed by atoms with Crippen LogP contribution in [0.2, 0.25) is 0 Å². The third kappa shape index (κ3) is 4.77. The molecule has 1 aliphatic carbocycles. The largest absolute Gasteiger partial charge is 0.325 e. The Hall–Kier alpha value is -2.78. The maximum Gasteiger partial charge on any atom is 0.237 e. The van der Waals surface area contributed by atoms with Gasteiger partial charge in [-0.25, -0.2) is 13.4 Å². The molecule has 1 aliphatic rings. The molecule has 3 aromatic rings. The minimum absolute atomic E-state index is 0.223. The van der Waals surface area contributed by atoms with Crippen LogP contribution in [0.15, 0.2) is 48.0 Å². The van der Waals surface area contributed by atoms with E-state index in [4.69, 9.17) is 0 Å². The summed E-state index contributed by atoms with van der Waals surface area (Å²) in [6.07, 6.45) is 3.19. The molecule has 1 aromatic carbocycles. The summed E-state index contributed by atoms with van der Waals surface area (Å²) >= 11 is 1.19. The van der Waals surface area contributed by atoms with Gasteiger partial charge in [0, 0.05) is 28.5 Å². The minimum Gasteiger partial charge on any atom is -0.325 e. The fraction of sp³-hybridized carbons (Fsp3) is 0.318. The van der Waals surface area contributed by atoms with Crippen LogP contribution in [0, 0.1) is 6.92 Å². The van der Waals surface area contributed by atoms with E-state index in [9.17, 15) is 13.2 Å². The van der Waals surface area contributed by atoms with Gasteiger partial charge < -0.3 is 5.32 Å². The van der Waals surface area contributed by atoms with Gasteiger partial charge in [0.1, 0.15) is 0 Å². The van der Waals surface area contributed by atoms with E-state index in [1.54, 1.807) is 19.2 Å². The lowest BCUT2D eigenvalue weighted by Crippen LogP contribution is -2.35. The Morgan fingerprint density at radius 2 is 1.77 bits per heavy atom. The van der Waals surface area contributed by atoms with Crippen molar-refractivity contribution in [2.45, 2.75) is 44.3 Å². The number of rotatable bonds is 7. The van der Waals surface area contributed by atoms with E-state index in [0.717, 1.165) is 16.8 Å². The second kappa shape index (κ2) is 8.05. The fourth-order valence-electron chi connectivity index (χ4n) is 2.98. The highest BCUT2D eigenvalue weighted by molar-refractivity contribution is 7.93. The maximum absolute atomic E-state index is 12.9. The van der Waals surface area contributed by atoms with Crippen LogP contribution in [0.5, 0.6) is 0 Å². The molecule has 1 fully saturated rings. The van der Waals surface area contributed by atoms with Crippen molar-refractivity contribution >= 4 is 38.1 Å². The zero-order valence-electron chi connectivity index (χ0n) is 17.5. The topological polar surface area (TPSA) is 101 Å². The van der Waals surface area contributed by atoms with Crippen molar-refractivity contribution in [2.75, 3.05) is 10.0 Å². The standard InChI is InChI=1S/C22H24N4O3S2/c1-14-4-5-16(12-23-14)15-6-8-17(9-7-15)24-20(27)22(2,3)19-13-30-21(25-19)26-31(28,29)18-10-11-18/h4-9,12-13,18H,10-11H2,1-3H3,(H,24,27)(H,25,26). The summed E-state index contributed by atoms with van der Waals surface area (Å²) in [7, 11) is -3.38. The molecule has 2 aromatic heterocycles. The molecule has 1 amide bonds. The normalized spacial score (nSPS) is 14.3. The number of anilines is 2. The number of nitrogens with zero attached hydrogens (tertiary/aromatic N) is 2. The molecule has 0 spiro atoms. The van der Waals surface area contributed by atoms with Gasteiger partial charge in [-0.3, -0.25) is 14.5 Å². The second-order valence-corrected chi connectivity index (χ2v) is 11.0. The smallest absolute Gasteiger partial charge is 0.237 e. The molecular formula is C22H24N4O3S2. The van der Waals surface area contributed by atoms with Gasteiger partial charge >= 0.3 is 0 Å². The number of sulfonamides is 1. The number of aromatic nitrogens is 2. The summed E-state index contributed by atoms with van der Waals surface area (Å²) in [5.41, 5.74) is 3.24. The van der Waals surface area contributed by atoms with Crippen LogP contribution in [0.4, 0.5) is 10.8 Å². The molecule has 0 bridgehead atoms. The zero-order chi connectivity index (χ0) is 22.2. The van der Waals surface area contributed by atoms with Crippen LogP contribution in [-0.2, 0) is 20.2 Å². The van der Waals surface area contributed by atoms with E-state index in [1.807, 2.05) is 49.5 Å². The van der Waals surface area contributed by atoms with Crippen LogP contribution in [-0.4, -0.2) is 29.5 Å². The van der Waals surface area contributed by atoms with E-state index in [1.165, 1.54) is 11.3 Å². The Kier molecular flexibility index (Phi) is 5.57. The lowest BCUT2D eigenvalue weighted by molar-refractivity contribution is -0.120. The van der Waals surface area contributed by atoms with Gasteiger partial charge in [-0.2, -0.15) is 0 Å². The quantitative estimate of drug-likeness (QED) is 0.551. The Morgan fingerprint density at radius 1 is 1.10 bits per heavy atom. The predicted molar refractivity (Wildman–Crippen MR) is 124 cm³/mol. The van der Waals surface area contributed by atoms with Crippen molar-refractivity contribution in [3.8, 4) is 11.1 Å². The highest BCUT2D eigenvalue weighted by Gasteiger charge is 2.37. The first-order valence-electron chi connectivity index (χ1n) is 9.97. The SMILES string of the molecule is Cc1ccc(-c2ccc(NC(=O)C(C)(C)c3csc(NS(=O)(=O)C4CC4)n3)cc2)cn1. The number of thiazole rings is 1. The van der Waals surface area contributed by atoms with Crippen molar-refractivity contribution in [1.82, 2.24) is 9.97 Å². The molecule has 0 radical (unpaired) electrons.